The normalized spacial score (nSPS) is 11.4. The molecule has 0 aliphatic heterocycles. The molecule has 0 aromatic carbocycles. The van der Waals surface area contributed by atoms with Crippen LogP contribution in [0.25, 0.3) is 0 Å². The lowest BCUT2D eigenvalue weighted by Crippen LogP contribution is -1.97. The Labute approximate surface area is 236 Å². The second-order valence-electron chi connectivity index (χ2n) is 12.2. The molecule has 1 nitrogen and oxygen atoms in total. The second kappa shape index (κ2) is 35.7. The Balaban J connectivity index is 3.01. The minimum Gasteiger partial charge on any atom is -0.330 e. The third-order valence-corrected chi connectivity index (χ3v) is 8.36. The topological polar surface area (TPSA) is 26.0 Å². The summed E-state index contributed by atoms with van der Waals surface area (Å²) in [6.45, 7) is 4.67. The zero-order valence-electron chi connectivity index (χ0n) is 25.9. The first-order valence-electron chi connectivity index (χ1n) is 17.7. The van der Waals surface area contributed by atoms with Gasteiger partial charge in [-0.05, 0) is 25.8 Å². The molecule has 37 heavy (non-hydrogen) atoms. The zero-order chi connectivity index (χ0) is 26.7. The lowest BCUT2D eigenvalue weighted by molar-refractivity contribution is 0.512. The molecular weight excluding hydrogens is 446 g/mol. The van der Waals surface area contributed by atoms with Crippen molar-refractivity contribution in [3.63, 3.8) is 0 Å². The summed E-state index contributed by atoms with van der Waals surface area (Å²) in [6.07, 6.45) is 49.8. The molecule has 0 saturated heterocycles. The quantitative estimate of drug-likeness (QED) is 0.0663. The average molecular weight is 520 g/mol. The van der Waals surface area contributed by atoms with Gasteiger partial charge >= 0.3 is 0 Å². The standard InChI is InChI=1S/C36H73N/c1-2-3-4-5-6-7-8-9-10-11-12-13-14-15-16-17-18-19-20-21-22-23-24-25-26-27-28-29-30-31-32-33-34-35-36-37/h2H,1,3-37H2. The van der Waals surface area contributed by atoms with Crippen LogP contribution in [0.1, 0.15) is 212 Å². The SMILES string of the molecule is C=CCCCCCCCCCCCCCCCCCCCCCCCCCCCCCCCCCCN. The van der Waals surface area contributed by atoms with Crippen molar-refractivity contribution in [2.45, 2.75) is 212 Å². The predicted molar refractivity (Wildman–Crippen MR) is 172 cm³/mol. The maximum Gasteiger partial charge on any atom is -0.00773 e. The van der Waals surface area contributed by atoms with Crippen LogP contribution in [-0.2, 0) is 0 Å². The van der Waals surface area contributed by atoms with Gasteiger partial charge < -0.3 is 5.73 Å². The summed E-state index contributed by atoms with van der Waals surface area (Å²) in [4.78, 5) is 0. The number of hydrogen-bond acceptors (Lipinski definition) is 1. The van der Waals surface area contributed by atoms with Gasteiger partial charge in [0, 0.05) is 0 Å². The monoisotopic (exact) mass is 520 g/mol. The summed E-state index contributed by atoms with van der Waals surface area (Å²) in [5.74, 6) is 0. The van der Waals surface area contributed by atoms with Crippen LogP contribution in [0.5, 0.6) is 0 Å². The van der Waals surface area contributed by atoms with E-state index in [0.29, 0.717) is 0 Å². The van der Waals surface area contributed by atoms with E-state index in [-0.39, 0.29) is 0 Å². The van der Waals surface area contributed by atoms with Crippen LogP contribution in [0.3, 0.4) is 0 Å². The van der Waals surface area contributed by atoms with E-state index in [1.165, 1.54) is 212 Å². The summed E-state index contributed by atoms with van der Waals surface area (Å²) >= 11 is 0. The number of rotatable bonds is 34. The van der Waals surface area contributed by atoms with Gasteiger partial charge in [-0.3, -0.25) is 0 Å². The molecule has 0 fully saturated rings. The van der Waals surface area contributed by atoms with Crippen molar-refractivity contribution < 1.29 is 0 Å². The largest absolute Gasteiger partial charge is 0.330 e. The fraction of sp³-hybridized carbons (Fsp3) is 0.944. The molecule has 1 heteroatoms. The molecule has 0 bridgehead atoms. The number of allylic oxidation sites excluding steroid dienone is 1. The third-order valence-electron chi connectivity index (χ3n) is 8.36. The number of unbranched alkanes of at least 4 members (excludes halogenated alkanes) is 32. The Bertz CT molecular complexity index is 390. The first kappa shape index (κ1) is 36.7. The van der Waals surface area contributed by atoms with Gasteiger partial charge in [0.15, 0.2) is 0 Å². The van der Waals surface area contributed by atoms with Crippen molar-refractivity contribution in [3.05, 3.63) is 12.7 Å². The summed E-state index contributed by atoms with van der Waals surface area (Å²) in [7, 11) is 0. The van der Waals surface area contributed by atoms with E-state index >= 15 is 0 Å². The summed E-state index contributed by atoms with van der Waals surface area (Å²) in [5.41, 5.74) is 5.54. The molecule has 0 aromatic rings. The Morgan fingerprint density at radius 2 is 0.432 bits per heavy atom. The second-order valence-corrected chi connectivity index (χ2v) is 12.2. The van der Waals surface area contributed by atoms with E-state index in [0.717, 1.165) is 6.54 Å². The average Bonchev–Trinajstić information content (AvgIpc) is 2.91. The Morgan fingerprint density at radius 3 is 0.595 bits per heavy atom. The molecule has 0 aliphatic rings. The van der Waals surface area contributed by atoms with Gasteiger partial charge in [-0.15, -0.1) is 6.58 Å². The van der Waals surface area contributed by atoms with E-state index in [2.05, 4.69) is 12.7 Å². The predicted octanol–water partition coefficient (Wildman–Crippen LogP) is 13.0. The lowest BCUT2D eigenvalue weighted by Gasteiger charge is -2.05. The van der Waals surface area contributed by atoms with Crippen LogP contribution in [0.15, 0.2) is 12.7 Å². The Morgan fingerprint density at radius 1 is 0.270 bits per heavy atom. The molecule has 0 rings (SSSR count). The zero-order valence-corrected chi connectivity index (χ0v) is 25.9. The Kier molecular flexibility index (Phi) is 35.4. The van der Waals surface area contributed by atoms with Crippen molar-refractivity contribution in [2.75, 3.05) is 6.54 Å². The fourth-order valence-electron chi connectivity index (χ4n) is 5.74. The maximum absolute atomic E-state index is 5.54. The lowest BCUT2D eigenvalue weighted by atomic mass is 10.0. The molecule has 222 valence electrons. The minimum absolute atomic E-state index is 0.873. The maximum atomic E-state index is 5.54. The van der Waals surface area contributed by atoms with Crippen molar-refractivity contribution >= 4 is 0 Å². The highest BCUT2D eigenvalue weighted by molar-refractivity contribution is 4.65. The van der Waals surface area contributed by atoms with Crippen LogP contribution in [0, 0.1) is 0 Å². The van der Waals surface area contributed by atoms with Gasteiger partial charge in [-0.2, -0.15) is 0 Å². The van der Waals surface area contributed by atoms with Gasteiger partial charge in [0.1, 0.15) is 0 Å². The van der Waals surface area contributed by atoms with Crippen LogP contribution < -0.4 is 5.73 Å². The van der Waals surface area contributed by atoms with Gasteiger partial charge in [0.25, 0.3) is 0 Å². The highest BCUT2D eigenvalue weighted by Crippen LogP contribution is 2.16. The van der Waals surface area contributed by atoms with E-state index in [1.807, 2.05) is 0 Å². The van der Waals surface area contributed by atoms with Crippen molar-refractivity contribution in [1.29, 1.82) is 0 Å². The van der Waals surface area contributed by atoms with Gasteiger partial charge in [0.05, 0.1) is 0 Å². The minimum atomic E-state index is 0.873. The third kappa shape index (κ3) is 35.7. The first-order chi connectivity index (χ1) is 18.4. The van der Waals surface area contributed by atoms with Crippen LogP contribution in [0.2, 0.25) is 0 Å². The summed E-state index contributed by atoms with van der Waals surface area (Å²) in [6, 6.07) is 0. The summed E-state index contributed by atoms with van der Waals surface area (Å²) < 4.78 is 0. The smallest absolute Gasteiger partial charge is 0.00773 e. The summed E-state index contributed by atoms with van der Waals surface area (Å²) in [5, 5.41) is 0. The van der Waals surface area contributed by atoms with E-state index < -0.39 is 0 Å². The number of nitrogens with two attached hydrogens (primary N) is 1. The molecule has 0 amide bonds. The highest BCUT2D eigenvalue weighted by Gasteiger charge is 1.97. The van der Waals surface area contributed by atoms with Crippen molar-refractivity contribution in [2.24, 2.45) is 5.73 Å². The molecule has 0 saturated carbocycles. The number of hydrogen-bond donors (Lipinski definition) is 1. The van der Waals surface area contributed by atoms with E-state index in [9.17, 15) is 0 Å². The fourth-order valence-corrected chi connectivity index (χ4v) is 5.74. The van der Waals surface area contributed by atoms with Crippen molar-refractivity contribution in [3.8, 4) is 0 Å². The van der Waals surface area contributed by atoms with E-state index in [1.54, 1.807) is 0 Å². The van der Waals surface area contributed by atoms with Crippen LogP contribution in [0.4, 0.5) is 0 Å². The molecule has 0 aromatic heterocycles. The molecule has 0 unspecified atom stereocenters. The van der Waals surface area contributed by atoms with Gasteiger partial charge in [-0.25, -0.2) is 0 Å². The molecular formula is C36H73N. The first-order valence-corrected chi connectivity index (χ1v) is 17.7. The van der Waals surface area contributed by atoms with Gasteiger partial charge in [-0.1, -0.05) is 199 Å². The Hall–Kier alpha value is -0.300. The molecule has 0 atom stereocenters. The molecule has 0 heterocycles. The molecule has 0 radical (unpaired) electrons. The van der Waals surface area contributed by atoms with E-state index in [4.69, 9.17) is 5.73 Å². The highest BCUT2D eigenvalue weighted by atomic mass is 14.5. The van der Waals surface area contributed by atoms with Gasteiger partial charge in [0.2, 0.25) is 0 Å². The van der Waals surface area contributed by atoms with Crippen molar-refractivity contribution in [1.82, 2.24) is 0 Å². The van der Waals surface area contributed by atoms with Crippen LogP contribution in [-0.4, -0.2) is 6.54 Å². The molecule has 0 spiro atoms. The molecule has 2 N–H and O–H groups in total. The molecule has 0 aliphatic carbocycles. The van der Waals surface area contributed by atoms with Crippen LogP contribution >= 0.6 is 0 Å².